The van der Waals surface area contributed by atoms with Crippen LogP contribution in [0.15, 0.2) is 71.7 Å². The van der Waals surface area contributed by atoms with Gasteiger partial charge in [0.2, 0.25) is 5.91 Å². The quantitative estimate of drug-likeness (QED) is 0.420. The Morgan fingerprint density at radius 3 is 2.36 bits per heavy atom. The number of amidine groups is 1. The van der Waals surface area contributed by atoms with Crippen molar-refractivity contribution in [1.82, 2.24) is 15.1 Å². The number of halogens is 2. The van der Waals surface area contributed by atoms with Gasteiger partial charge in [-0.2, -0.15) is 0 Å². The molecule has 2 atom stereocenters. The summed E-state index contributed by atoms with van der Waals surface area (Å²) in [5.41, 5.74) is 2.99. The first kappa shape index (κ1) is 26.6. The summed E-state index contributed by atoms with van der Waals surface area (Å²) < 4.78 is 5.97. The number of amides is 3. The maximum Gasteiger partial charge on any atom is 0.326 e. The van der Waals surface area contributed by atoms with E-state index in [1.807, 2.05) is 37.3 Å². The van der Waals surface area contributed by atoms with Gasteiger partial charge < -0.3 is 15.0 Å². The molecule has 0 aliphatic carbocycles. The molecule has 5 rings (SSSR count). The van der Waals surface area contributed by atoms with Gasteiger partial charge in [0.15, 0.2) is 0 Å². The number of urea groups is 1. The molecule has 0 saturated carbocycles. The number of hydrogen-bond acceptors (Lipinski definition) is 4. The first-order valence-corrected chi connectivity index (χ1v) is 13.3. The number of carbonyl (C=O) groups excluding carboxylic acids is 2. The van der Waals surface area contributed by atoms with E-state index in [1.165, 1.54) is 4.90 Å². The fourth-order valence-corrected chi connectivity index (χ4v) is 5.13. The lowest BCUT2D eigenvalue weighted by Crippen LogP contribution is -2.55. The van der Waals surface area contributed by atoms with Gasteiger partial charge in [0.1, 0.15) is 24.2 Å². The molecule has 0 bridgehead atoms. The second-order valence-electron chi connectivity index (χ2n) is 9.16. The van der Waals surface area contributed by atoms with E-state index in [-0.39, 0.29) is 18.5 Å². The monoisotopic (exact) mass is 560 g/mol. The predicted octanol–water partition coefficient (Wildman–Crippen LogP) is 5.47. The molecule has 2 aliphatic rings. The van der Waals surface area contributed by atoms with Gasteiger partial charge in [0.05, 0.1) is 18.2 Å². The Hall–Kier alpha value is -3.99. The van der Waals surface area contributed by atoms with E-state index in [9.17, 15) is 9.59 Å². The lowest BCUT2D eigenvalue weighted by atomic mass is 9.93. The second-order valence-corrected chi connectivity index (χ2v) is 10.0. The second kappa shape index (κ2) is 11.4. The molecule has 0 unspecified atom stereocenters. The zero-order valence-electron chi connectivity index (χ0n) is 21.2. The summed E-state index contributed by atoms with van der Waals surface area (Å²) in [5.74, 6) is 3.38. The molecular formula is C30H26Cl2N4O3. The highest BCUT2D eigenvalue weighted by atomic mass is 35.5. The minimum absolute atomic E-state index is 0.0457. The largest absolute Gasteiger partial charge is 0.493 e. The van der Waals surface area contributed by atoms with Gasteiger partial charge in [-0.25, -0.2) is 4.79 Å². The van der Waals surface area contributed by atoms with Crippen LogP contribution >= 0.6 is 23.2 Å². The third kappa shape index (κ3) is 5.44. The SMILES string of the molecule is C#Cc1ccc(C2=N[C@@H](c3ccc(Cl)cc3)[C@@H](c3ccc(Cl)cc3)N2C(=O)N2CCNC(=O)C2)c(OCC)c1. The smallest absolute Gasteiger partial charge is 0.326 e. The lowest BCUT2D eigenvalue weighted by Gasteiger charge is -2.35. The Labute approximate surface area is 237 Å². The van der Waals surface area contributed by atoms with Crippen molar-refractivity contribution in [2.24, 2.45) is 4.99 Å². The molecule has 198 valence electrons. The van der Waals surface area contributed by atoms with E-state index in [2.05, 4.69) is 11.2 Å². The van der Waals surface area contributed by atoms with Crippen molar-refractivity contribution in [2.45, 2.75) is 19.0 Å². The number of ether oxygens (including phenoxy) is 1. The zero-order chi connectivity index (χ0) is 27.5. The first-order valence-electron chi connectivity index (χ1n) is 12.6. The number of hydrogen-bond donors (Lipinski definition) is 1. The number of nitrogens with zero attached hydrogens (tertiary/aromatic N) is 3. The number of terminal acetylenes is 1. The van der Waals surface area contributed by atoms with Crippen LogP contribution in [-0.2, 0) is 4.79 Å². The molecule has 9 heteroatoms. The highest BCUT2D eigenvalue weighted by Gasteiger charge is 2.45. The predicted molar refractivity (Wildman–Crippen MR) is 152 cm³/mol. The zero-order valence-corrected chi connectivity index (χ0v) is 22.7. The molecule has 3 aromatic carbocycles. The summed E-state index contributed by atoms with van der Waals surface area (Å²) in [6, 6.07) is 18.8. The lowest BCUT2D eigenvalue weighted by molar-refractivity contribution is -0.123. The maximum atomic E-state index is 14.3. The molecule has 0 aromatic heterocycles. The Bertz CT molecular complexity index is 1470. The maximum absolute atomic E-state index is 14.3. The molecule has 1 N–H and O–H groups in total. The van der Waals surface area contributed by atoms with E-state index in [0.29, 0.717) is 52.5 Å². The van der Waals surface area contributed by atoms with Crippen LogP contribution in [0, 0.1) is 12.3 Å². The summed E-state index contributed by atoms with van der Waals surface area (Å²) in [4.78, 5) is 34.9. The number of rotatable bonds is 5. The van der Waals surface area contributed by atoms with Crippen molar-refractivity contribution in [3.05, 3.63) is 99.0 Å². The molecular weight excluding hydrogens is 535 g/mol. The van der Waals surface area contributed by atoms with Gasteiger partial charge >= 0.3 is 6.03 Å². The van der Waals surface area contributed by atoms with Crippen LogP contribution in [0.5, 0.6) is 5.75 Å². The Balaban J connectivity index is 1.71. The van der Waals surface area contributed by atoms with Gasteiger partial charge in [-0.15, -0.1) is 6.42 Å². The van der Waals surface area contributed by atoms with Crippen molar-refractivity contribution in [2.75, 3.05) is 26.2 Å². The summed E-state index contributed by atoms with van der Waals surface area (Å²) in [6.45, 7) is 2.98. The summed E-state index contributed by atoms with van der Waals surface area (Å²) in [7, 11) is 0. The summed E-state index contributed by atoms with van der Waals surface area (Å²) >= 11 is 12.4. The van der Waals surface area contributed by atoms with Crippen LogP contribution in [-0.4, -0.2) is 53.8 Å². The fourth-order valence-electron chi connectivity index (χ4n) is 4.88. The van der Waals surface area contributed by atoms with Crippen molar-refractivity contribution >= 4 is 41.0 Å². The number of aliphatic imine (C=N–C) groups is 1. The van der Waals surface area contributed by atoms with Crippen LogP contribution in [0.25, 0.3) is 0 Å². The number of carbonyl (C=O) groups is 2. The fraction of sp³-hybridized carbons (Fsp3) is 0.233. The van der Waals surface area contributed by atoms with Crippen LogP contribution in [0.1, 0.15) is 41.3 Å². The molecule has 2 aliphatic heterocycles. The van der Waals surface area contributed by atoms with Gasteiger partial charge in [0, 0.05) is 28.7 Å². The molecule has 0 spiro atoms. The standard InChI is InChI=1S/C30H26Cl2N4O3/c1-3-19-5-14-24(25(17-19)39-4-2)29-34-27(20-6-10-22(31)11-7-20)28(21-8-12-23(32)13-9-21)36(29)30(38)35-16-15-33-26(37)18-35/h1,5-14,17,27-28H,4,15-16,18H2,2H3,(H,33,37)/t27-,28+/m0/s1. The molecule has 3 aromatic rings. The van der Waals surface area contributed by atoms with Crippen LogP contribution in [0.4, 0.5) is 4.79 Å². The Kier molecular flexibility index (Phi) is 7.78. The molecule has 0 radical (unpaired) electrons. The van der Waals surface area contributed by atoms with Crippen molar-refractivity contribution in [3.63, 3.8) is 0 Å². The number of nitrogens with one attached hydrogen (secondary N) is 1. The van der Waals surface area contributed by atoms with Crippen LogP contribution < -0.4 is 10.1 Å². The minimum Gasteiger partial charge on any atom is -0.493 e. The normalized spacial score (nSPS) is 18.8. The topological polar surface area (TPSA) is 74.2 Å². The van der Waals surface area contributed by atoms with Gasteiger partial charge in [-0.05, 0) is 60.5 Å². The van der Waals surface area contributed by atoms with Crippen LogP contribution in [0.2, 0.25) is 10.0 Å². The Morgan fingerprint density at radius 1 is 1.08 bits per heavy atom. The average molecular weight is 561 g/mol. The van der Waals surface area contributed by atoms with E-state index in [4.69, 9.17) is 39.4 Å². The number of piperazine rings is 1. The van der Waals surface area contributed by atoms with Gasteiger partial charge in [-0.3, -0.25) is 14.7 Å². The van der Waals surface area contributed by atoms with Crippen molar-refractivity contribution in [3.8, 4) is 18.1 Å². The molecule has 2 heterocycles. The summed E-state index contributed by atoms with van der Waals surface area (Å²) in [5, 5.41) is 3.96. The van der Waals surface area contributed by atoms with Crippen molar-refractivity contribution in [1.29, 1.82) is 0 Å². The number of benzene rings is 3. The minimum atomic E-state index is -0.530. The van der Waals surface area contributed by atoms with Crippen LogP contribution in [0.3, 0.4) is 0 Å². The molecule has 1 fully saturated rings. The van der Waals surface area contributed by atoms with Gasteiger partial charge in [-0.1, -0.05) is 53.4 Å². The van der Waals surface area contributed by atoms with E-state index in [1.54, 1.807) is 41.3 Å². The summed E-state index contributed by atoms with van der Waals surface area (Å²) in [6.07, 6.45) is 5.66. The molecule has 39 heavy (non-hydrogen) atoms. The third-order valence-corrected chi connectivity index (χ3v) is 7.20. The molecule has 3 amide bonds. The third-order valence-electron chi connectivity index (χ3n) is 6.69. The Morgan fingerprint density at radius 2 is 1.74 bits per heavy atom. The van der Waals surface area contributed by atoms with Gasteiger partial charge in [0.25, 0.3) is 0 Å². The van der Waals surface area contributed by atoms with E-state index in [0.717, 1.165) is 11.1 Å². The molecule has 7 nitrogen and oxygen atoms in total. The highest BCUT2D eigenvalue weighted by molar-refractivity contribution is 6.30. The van der Waals surface area contributed by atoms with E-state index >= 15 is 0 Å². The first-order chi connectivity index (χ1) is 18.9. The van der Waals surface area contributed by atoms with Crippen molar-refractivity contribution < 1.29 is 14.3 Å². The highest BCUT2D eigenvalue weighted by Crippen LogP contribution is 2.45. The van der Waals surface area contributed by atoms with E-state index < -0.39 is 12.1 Å². The average Bonchev–Trinajstić information content (AvgIpc) is 3.34. The molecule has 1 saturated heterocycles.